The van der Waals surface area contributed by atoms with Crippen LogP contribution in [0.5, 0.6) is 0 Å². The van der Waals surface area contributed by atoms with Crippen LogP contribution in [-0.4, -0.2) is 29.5 Å². The van der Waals surface area contributed by atoms with Crippen molar-refractivity contribution in [3.63, 3.8) is 0 Å². The summed E-state index contributed by atoms with van der Waals surface area (Å²) in [7, 11) is 0. The molecule has 0 aromatic rings. The first-order chi connectivity index (χ1) is 5.70. The lowest BCUT2D eigenvalue weighted by Gasteiger charge is -2.45. The van der Waals surface area contributed by atoms with Crippen molar-refractivity contribution >= 4 is 11.8 Å². The average molecular weight is 188 g/mol. The summed E-state index contributed by atoms with van der Waals surface area (Å²) in [5.74, 6) is 1.26. The summed E-state index contributed by atoms with van der Waals surface area (Å²) in [6.07, 6.45) is 2.94. The third kappa shape index (κ3) is 1.50. The Balaban J connectivity index is 2.09. The summed E-state index contributed by atoms with van der Waals surface area (Å²) in [4.78, 5) is 0. The van der Waals surface area contributed by atoms with Crippen LogP contribution < -0.4 is 0 Å². The van der Waals surface area contributed by atoms with Gasteiger partial charge in [0.25, 0.3) is 0 Å². The van der Waals surface area contributed by atoms with E-state index in [2.05, 4.69) is 13.8 Å². The minimum Gasteiger partial charge on any atom is -0.351 e. The highest BCUT2D eigenvalue weighted by Crippen LogP contribution is 2.39. The minimum atomic E-state index is 0.00794. The maximum Gasteiger partial charge on any atom is 0.147 e. The molecule has 3 heteroatoms. The Bertz CT molecular complexity index is 168. The summed E-state index contributed by atoms with van der Waals surface area (Å²) < 4.78 is 11.2. The van der Waals surface area contributed by atoms with Gasteiger partial charge in [-0.05, 0) is 32.4 Å². The highest BCUT2D eigenvalue weighted by atomic mass is 32.2. The van der Waals surface area contributed by atoms with Gasteiger partial charge in [0, 0.05) is 0 Å². The second-order valence-corrected chi connectivity index (χ2v) is 5.25. The second-order valence-electron chi connectivity index (χ2n) is 4.00. The molecule has 0 amide bonds. The fraction of sp³-hybridized carbons (Fsp3) is 1.00. The zero-order valence-electron chi connectivity index (χ0n) is 7.71. The van der Waals surface area contributed by atoms with Crippen molar-refractivity contribution in [2.24, 2.45) is 0 Å². The van der Waals surface area contributed by atoms with Gasteiger partial charge in [0.1, 0.15) is 6.79 Å². The van der Waals surface area contributed by atoms with Gasteiger partial charge in [-0.25, -0.2) is 0 Å². The van der Waals surface area contributed by atoms with Gasteiger partial charge in [-0.1, -0.05) is 0 Å². The Kier molecular flexibility index (Phi) is 2.36. The van der Waals surface area contributed by atoms with E-state index < -0.39 is 0 Å². The molecule has 0 radical (unpaired) electrons. The van der Waals surface area contributed by atoms with Crippen LogP contribution in [0.3, 0.4) is 0 Å². The van der Waals surface area contributed by atoms with Crippen LogP contribution in [0.1, 0.15) is 26.7 Å². The quantitative estimate of drug-likeness (QED) is 0.579. The molecule has 2 rings (SSSR count). The molecule has 2 heterocycles. The van der Waals surface area contributed by atoms with E-state index in [4.69, 9.17) is 9.47 Å². The van der Waals surface area contributed by atoms with E-state index >= 15 is 0 Å². The fourth-order valence-electron chi connectivity index (χ4n) is 1.93. The zero-order chi connectivity index (χ0) is 8.60. The predicted octanol–water partition coefficient (Wildman–Crippen LogP) is 2.03. The maximum atomic E-state index is 5.59. The molecule has 2 aliphatic rings. The Labute approximate surface area is 78.0 Å². The van der Waals surface area contributed by atoms with Crippen molar-refractivity contribution < 1.29 is 9.47 Å². The molecule has 0 aromatic heterocycles. The highest BCUT2D eigenvalue weighted by molar-refractivity contribution is 8.00. The van der Waals surface area contributed by atoms with Gasteiger partial charge in [-0.3, -0.25) is 0 Å². The van der Waals surface area contributed by atoms with E-state index in [0.717, 1.165) is 0 Å². The fourth-order valence-corrected chi connectivity index (χ4v) is 3.41. The van der Waals surface area contributed by atoms with E-state index in [9.17, 15) is 0 Å². The molecule has 2 saturated heterocycles. The first kappa shape index (κ1) is 8.85. The Morgan fingerprint density at radius 2 is 2.25 bits per heavy atom. The lowest BCUT2D eigenvalue weighted by molar-refractivity contribution is -0.207. The largest absolute Gasteiger partial charge is 0.351 e. The molecule has 0 aromatic carbocycles. The normalized spacial score (nSPS) is 40.5. The monoisotopic (exact) mass is 188 g/mol. The first-order valence-electron chi connectivity index (χ1n) is 4.57. The molecular weight excluding hydrogens is 172 g/mol. The first-order valence-corrected chi connectivity index (χ1v) is 5.62. The summed E-state index contributed by atoms with van der Waals surface area (Å²) in [5, 5.41) is 0.542. The van der Waals surface area contributed by atoms with E-state index in [1.54, 1.807) is 0 Å². The van der Waals surface area contributed by atoms with Gasteiger partial charge in [0.15, 0.2) is 0 Å². The maximum absolute atomic E-state index is 5.59. The van der Waals surface area contributed by atoms with Crippen molar-refractivity contribution in [3.8, 4) is 0 Å². The summed E-state index contributed by atoms with van der Waals surface area (Å²) in [5.41, 5.74) is 0.00794. The van der Waals surface area contributed by atoms with Crippen LogP contribution in [0, 0.1) is 0 Å². The zero-order valence-corrected chi connectivity index (χ0v) is 8.52. The Hall–Kier alpha value is 0.270. The molecule has 0 saturated carbocycles. The molecule has 0 aliphatic carbocycles. The average Bonchev–Trinajstić information content (AvgIpc) is 2.04. The molecule has 2 aliphatic heterocycles. The van der Waals surface area contributed by atoms with Gasteiger partial charge in [-0.2, -0.15) is 11.8 Å². The van der Waals surface area contributed by atoms with Crippen molar-refractivity contribution in [2.75, 3.05) is 12.5 Å². The van der Waals surface area contributed by atoms with Gasteiger partial charge in [0.05, 0.1) is 17.0 Å². The molecule has 0 unspecified atom stereocenters. The number of ether oxygens (including phenoxy) is 2. The van der Waals surface area contributed by atoms with E-state index in [1.807, 2.05) is 11.8 Å². The van der Waals surface area contributed by atoms with E-state index in [1.165, 1.54) is 18.6 Å². The van der Waals surface area contributed by atoms with Crippen LogP contribution in [0.2, 0.25) is 0 Å². The number of rotatable bonds is 0. The van der Waals surface area contributed by atoms with Crippen molar-refractivity contribution in [1.82, 2.24) is 0 Å². The summed E-state index contributed by atoms with van der Waals surface area (Å²) >= 11 is 2.00. The molecule has 0 bridgehead atoms. The van der Waals surface area contributed by atoms with Crippen LogP contribution in [0.15, 0.2) is 0 Å². The lowest BCUT2D eigenvalue weighted by Crippen LogP contribution is -2.52. The molecule has 2 nitrogen and oxygen atoms in total. The predicted molar refractivity (Wildman–Crippen MR) is 50.4 cm³/mol. The Morgan fingerprint density at radius 1 is 1.42 bits per heavy atom. The van der Waals surface area contributed by atoms with Gasteiger partial charge in [-0.15, -0.1) is 0 Å². The van der Waals surface area contributed by atoms with E-state index in [-0.39, 0.29) is 5.60 Å². The number of thioether (sulfide) groups is 1. The van der Waals surface area contributed by atoms with Crippen molar-refractivity contribution in [1.29, 1.82) is 0 Å². The van der Waals surface area contributed by atoms with Crippen molar-refractivity contribution in [2.45, 2.75) is 43.6 Å². The Morgan fingerprint density at radius 3 is 3.00 bits per heavy atom. The number of hydrogen-bond acceptors (Lipinski definition) is 3. The van der Waals surface area contributed by atoms with E-state index in [0.29, 0.717) is 18.1 Å². The van der Waals surface area contributed by atoms with Gasteiger partial charge in [0.2, 0.25) is 0 Å². The topological polar surface area (TPSA) is 18.5 Å². The standard InChI is InChI=1S/C9H16O2S/c1-9(2)8-7(10-6-11-9)4-3-5-12-8/h7-8H,3-6H2,1-2H3/t7-,8+/m0/s1. The summed E-state index contributed by atoms with van der Waals surface area (Å²) in [6.45, 7) is 4.83. The SMILES string of the molecule is CC1(C)OCO[C@H]2CCCS[C@H]21. The highest BCUT2D eigenvalue weighted by Gasteiger charge is 2.42. The van der Waals surface area contributed by atoms with Crippen molar-refractivity contribution in [3.05, 3.63) is 0 Å². The smallest absolute Gasteiger partial charge is 0.147 e. The molecule has 70 valence electrons. The molecule has 0 N–H and O–H groups in total. The van der Waals surface area contributed by atoms with Gasteiger partial charge < -0.3 is 9.47 Å². The molecule has 0 spiro atoms. The second kappa shape index (κ2) is 3.20. The van der Waals surface area contributed by atoms with Crippen LogP contribution in [-0.2, 0) is 9.47 Å². The number of fused-ring (bicyclic) bond motifs is 1. The lowest BCUT2D eigenvalue weighted by atomic mass is 9.96. The third-order valence-corrected chi connectivity index (χ3v) is 4.42. The molecule has 2 atom stereocenters. The molecule has 12 heavy (non-hydrogen) atoms. The summed E-state index contributed by atoms with van der Waals surface area (Å²) in [6, 6.07) is 0. The number of hydrogen-bond donors (Lipinski definition) is 0. The molecular formula is C9H16O2S. The minimum absolute atomic E-state index is 0.00794. The molecule has 2 fully saturated rings. The third-order valence-electron chi connectivity index (χ3n) is 2.67. The van der Waals surface area contributed by atoms with Crippen LogP contribution in [0.4, 0.5) is 0 Å². The van der Waals surface area contributed by atoms with Crippen LogP contribution in [0.25, 0.3) is 0 Å². The van der Waals surface area contributed by atoms with Crippen LogP contribution >= 0.6 is 11.8 Å². The van der Waals surface area contributed by atoms with Gasteiger partial charge >= 0.3 is 0 Å².